The van der Waals surface area contributed by atoms with Crippen molar-refractivity contribution in [3.8, 4) is 0 Å². The van der Waals surface area contributed by atoms with Gasteiger partial charge in [-0.1, -0.05) is 26.7 Å². The molecule has 0 bridgehead atoms. The lowest BCUT2D eigenvalue weighted by Crippen LogP contribution is -2.32. The van der Waals surface area contributed by atoms with Gasteiger partial charge in [-0.2, -0.15) is 0 Å². The highest BCUT2D eigenvalue weighted by Crippen LogP contribution is 2.46. The molecule has 0 amide bonds. The van der Waals surface area contributed by atoms with Crippen LogP contribution in [0.15, 0.2) is 18.7 Å². The monoisotopic (exact) mass is 220 g/mol. The van der Waals surface area contributed by atoms with Crippen molar-refractivity contribution in [1.82, 2.24) is 9.97 Å². The lowest BCUT2D eigenvalue weighted by Gasteiger charge is -2.41. The Balaban J connectivity index is 2.17. The average Bonchev–Trinajstić information content (AvgIpc) is 2.29. The van der Waals surface area contributed by atoms with Crippen LogP contribution in [0.3, 0.4) is 0 Å². The van der Waals surface area contributed by atoms with Crippen LogP contribution in [-0.2, 0) is 0 Å². The second-order valence-corrected chi connectivity index (χ2v) is 5.46. The molecule has 0 aromatic carbocycles. The Labute approximate surface area is 96.9 Å². The van der Waals surface area contributed by atoms with Crippen molar-refractivity contribution in [3.05, 3.63) is 24.3 Å². The van der Waals surface area contributed by atoms with E-state index < -0.39 is 6.10 Å². The van der Waals surface area contributed by atoms with E-state index in [0.29, 0.717) is 5.92 Å². The maximum atomic E-state index is 10.4. The molecule has 1 N–H and O–H groups in total. The van der Waals surface area contributed by atoms with Crippen molar-refractivity contribution in [2.24, 2.45) is 11.3 Å². The van der Waals surface area contributed by atoms with Crippen molar-refractivity contribution < 1.29 is 5.11 Å². The average molecular weight is 220 g/mol. The Morgan fingerprint density at radius 3 is 2.62 bits per heavy atom. The number of aliphatic hydroxyl groups excluding tert-OH is 1. The SMILES string of the molecule is CC1(C)CCCCC1C(O)c1cncnc1. The van der Waals surface area contributed by atoms with Crippen molar-refractivity contribution in [1.29, 1.82) is 0 Å². The quantitative estimate of drug-likeness (QED) is 0.833. The highest BCUT2D eigenvalue weighted by atomic mass is 16.3. The normalized spacial score (nSPS) is 26.3. The van der Waals surface area contributed by atoms with Crippen molar-refractivity contribution in [2.45, 2.75) is 45.6 Å². The second kappa shape index (κ2) is 4.50. The number of rotatable bonds is 2. The Morgan fingerprint density at radius 1 is 1.31 bits per heavy atom. The van der Waals surface area contributed by atoms with Gasteiger partial charge in [-0.05, 0) is 24.2 Å². The molecular weight excluding hydrogens is 200 g/mol. The summed E-state index contributed by atoms with van der Waals surface area (Å²) in [5.74, 6) is 0.326. The molecular formula is C13H20N2O. The van der Waals surface area contributed by atoms with E-state index in [0.717, 1.165) is 12.0 Å². The number of hydrogen-bond acceptors (Lipinski definition) is 3. The molecule has 1 saturated carbocycles. The summed E-state index contributed by atoms with van der Waals surface area (Å²) in [7, 11) is 0. The van der Waals surface area contributed by atoms with Crippen LogP contribution in [0.5, 0.6) is 0 Å². The molecule has 0 spiro atoms. The third-order valence-corrected chi connectivity index (χ3v) is 3.89. The number of nitrogens with zero attached hydrogens (tertiary/aromatic N) is 2. The van der Waals surface area contributed by atoms with Gasteiger partial charge in [-0.25, -0.2) is 9.97 Å². The van der Waals surface area contributed by atoms with E-state index >= 15 is 0 Å². The van der Waals surface area contributed by atoms with Crippen LogP contribution in [0.1, 0.15) is 51.2 Å². The molecule has 88 valence electrons. The van der Waals surface area contributed by atoms with E-state index in [2.05, 4.69) is 23.8 Å². The standard InChI is InChI=1S/C13H20N2O/c1-13(2)6-4-3-5-11(13)12(16)10-7-14-9-15-8-10/h7-9,11-12,16H,3-6H2,1-2H3. The lowest BCUT2D eigenvalue weighted by molar-refractivity contribution is 0.00348. The third-order valence-electron chi connectivity index (χ3n) is 3.89. The Hall–Kier alpha value is -0.960. The Kier molecular flexibility index (Phi) is 3.24. The maximum absolute atomic E-state index is 10.4. The molecule has 0 radical (unpaired) electrons. The van der Waals surface area contributed by atoms with Crippen molar-refractivity contribution >= 4 is 0 Å². The first-order valence-electron chi connectivity index (χ1n) is 6.04. The van der Waals surface area contributed by atoms with Crippen LogP contribution in [-0.4, -0.2) is 15.1 Å². The largest absolute Gasteiger partial charge is 0.388 e. The zero-order valence-corrected chi connectivity index (χ0v) is 10.1. The molecule has 1 heterocycles. The van der Waals surface area contributed by atoms with E-state index in [9.17, 15) is 5.11 Å². The van der Waals surface area contributed by atoms with Crippen LogP contribution in [0.4, 0.5) is 0 Å². The van der Waals surface area contributed by atoms with Crippen LogP contribution >= 0.6 is 0 Å². The number of aliphatic hydroxyl groups is 1. The highest BCUT2D eigenvalue weighted by Gasteiger charge is 2.37. The van der Waals surface area contributed by atoms with Gasteiger partial charge >= 0.3 is 0 Å². The summed E-state index contributed by atoms with van der Waals surface area (Å²) < 4.78 is 0. The summed E-state index contributed by atoms with van der Waals surface area (Å²) in [6.45, 7) is 4.51. The van der Waals surface area contributed by atoms with E-state index in [4.69, 9.17) is 0 Å². The predicted molar refractivity (Wildman–Crippen MR) is 62.7 cm³/mol. The van der Waals surface area contributed by atoms with Crippen molar-refractivity contribution in [3.63, 3.8) is 0 Å². The Bertz CT molecular complexity index is 337. The summed E-state index contributed by atoms with van der Waals surface area (Å²) in [6.07, 6.45) is 9.33. The molecule has 0 saturated heterocycles. The first kappa shape index (κ1) is 11.5. The van der Waals surface area contributed by atoms with Crippen LogP contribution < -0.4 is 0 Å². The zero-order chi connectivity index (χ0) is 11.6. The summed E-state index contributed by atoms with van der Waals surface area (Å²) >= 11 is 0. The topological polar surface area (TPSA) is 46.0 Å². The van der Waals surface area contributed by atoms with Gasteiger partial charge in [0.15, 0.2) is 0 Å². The molecule has 1 aromatic heterocycles. The molecule has 3 nitrogen and oxygen atoms in total. The zero-order valence-electron chi connectivity index (χ0n) is 10.1. The first-order valence-corrected chi connectivity index (χ1v) is 6.04. The first-order chi connectivity index (χ1) is 7.61. The summed E-state index contributed by atoms with van der Waals surface area (Å²) in [5.41, 5.74) is 1.07. The van der Waals surface area contributed by atoms with Gasteiger partial charge in [0.2, 0.25) is 0 Å². The maximum Gasteiger partial charge on any atom is 0.115 e. The molecule has 16 heavy (non-hydrogen) atoms. The molecule has 2 rings (SSSR count). The molecule has 0 aliphatic heterocycles. The van der Waals surface area contributed by atoms with E-state index in [-0.39, 0.29) is 5.41 Å². The summed E-state index contributed by atoms with van der Waals surface area (Å²) in [5, 5.41) is 10.4. The van der Waals surface area contributed by atoms with E-state index in [1.165, 1.54) is 25.6 Å². The minimum absolute atomic E-state index is 0.216. The fourth-order valence-electron chi connectivity index (χ4n) is 2.80. The van der Waals surface area contributed by atoms with Gasteiger partial charge < -0.3 is 5.11 Å². The van der Waals surface area contributed by atoms with Gasteiger partial charge in [0.05, 0.1) is 6.10 Å². The minimum Gasteiger partial charge on any atom is -0.388 e. The van der Waals surface area contributed by atoms with Gasteiger partial charge in [0.1, 0.15) is 6.33 Å². The Morgan fingerprint density at radius 2 is 2.00 bits per heavy atom. The molecule has 1 fully saturated rings. The minimum atomic E-state index is -0.420. The van der Waals surface area contributed by atoms with E-state index in [1.54, 1.807) is 12.4 Å². The van der Waals surface area contributed by atoms with Crippen LogP contribution in [0.25, 0.3) is 0 Å². The molecule has 1 aromatic rings. The molecule has 1 aliphatic carbocycles. The van der Waals surface area contributed by atoms with Crippen LogP contribution in [0.2, 0.25) is 0 Å². The van der Waals surface area contributed by atoms with Crippen LogP contribution in [0, 0.1) is 11.3 Å². The van der Waals surface area contributed by atoms with Gasteiger partial charge in [0.25, 0.3) is 0 Å². The molecule has 2 unspecified atom stereocenters. The fraction of sp³-hybridized carbons (Fsp3) is 0.692. The molecule has 1 aliphatic rings. The third kappa shape index (κ3) is 2.24. The summed E-state index contributed by atoms with van der Waals surface area (Å²) in [4.78, 5) is 7.95. The molecule has 3 heteroatoms. The number of hydrogen-bond donors (Lipinski definition) is 1. The predicted octanol–water partition coefficient (Wildman–Crippen LogP) is 2.73. The van der Waals surface area contributed by atoms with E-state index in [1.807, 2.05) is 0 Å². The highest BCUT2D eigenvalue weighted by molar-refractivity contribution is 5.09. The second-order valence-electron chi connectivity index (χ2n) is 5.46. The van der Waals surface area contributed by atoms with Gasteiger partial charge in [-0.3, -0.25) is 0 Å². The lowest BCUT2D eigenvalue weighted by atomic mass is 9.66. The summed E-state index contributed by atoms with van der Waals surface area (Å²) in [6, 6.07) is 0. The van der Waals surface area contributed by atoms with Gasteiger partial charge in [-0.15, -0.1) is 0 Å². The fourth-order valence-corrected chi connectivity index (χ4v) is 2.80. The van der Waals surface area contributed by atoms with Crippen molar-refractivity contribution in [2.75, 3.05) is 0 Å². The smallest absolute Gasteiger partial charge is 0.115 e. The molecule has 2 atom stereocenters. The van der Waals surface area contributed by atoms with Gasteiger partial charge in [0, 0.05) is 18.0 Å². The number of aromatic nitrogens is 2.